The van der Waals surface area contributed by atoms with Gasteiger partial charge in [-0.2, -0.15) is 5.21 Å². The highest BCUT2D eigenvalue weighted by Gasteiger charge is 2.46. The van der Waals surface area contributed by atoms with E-state index in [4.69, 9.17) is 0 Å². The largest absolute Gasteiger partial charge is 0.480 e. The fourth-order valence-electron chi connectivity index (χ4n) is 1.85. The van der Waals surface area contributed by atoms with E-state index in [0.717, 1.165) is 0 Å². The molecule has 15 heavy (non-hydrogen) atoms. The second kappa shape index (κ2) is 3.41. The number of ketones is 1. The van der Waals surface area contributed by atoms with Gasteiger partial charge in [-0.15, -0.1) is 10.2 Å². The molecule has 1 fully saturated rings. The number of tetrazole rings is 1. The Morgan fingerprint density at radius 3 is 2.53 bits per heavy atom. The summed E-state index contributed by atoms with van der Waals surface area (Å²) in [5.74, 6) is -0.728. The summed E-state index contributed by atoms with van der Waals surface area (Å²) in [5, 5.41) is 22.3. The predicted octanol–water partition coefficient (Wildman–Crippen LogP) is -0.335. The molecule has 0 aromatic carbocycles. The van der Waals surface area contributed by atoms with Gasteiger partial charge in [0.1, 0.15) is 11.2 Å². The minimum absolute atomic E-state index is 0.0929. The van der Waals surface area contributed by atoms with Crippen LogP contribution in [0.1, 0.15) is 31.5 Å². The third-order valence-corrected chi connectivity index (χ3v) is 2.84. The molecule has 0 atom stereocenters. The lowest BCUT2D eigenvalue weighted by Gasteiger charge is -2.28. The number of H-pyrrole nitrogens is 1. The first-order chi connectivity index (χ1) is 7.15. The lowest BCUT2D eigenvalue weighted by Crippen LogP contribution is -2.40. The van der Waals surface area contributed by atoms with E-state index in [0.29, 0.717) is 0 Å². The minimum Gasteiger partial charge on any atom is -0.480 e. The quantitative estimate of drug-likeness (QED) is 0.691. The SMILES string of the molecule is O=C1CCC(C(=O)O)(c2nn[nH]n2)CC1. The van der Waals surface area contributed by atoms with E-state index < -0.39 is 11.4 Å². The lowest BCUT2D eigenvalue weighted by atomic mass is 9.73. The maximum atomic E-state index is 11.2. The van der Waals surface area contributed by atoms with Crippen molar-refractivity contribution in [2.75, 3.05) is 0 Å². The fraction of sp³-hybridized carbons (Fsp3) is 0.625. The Morgan fingerprint density at radius 1 is 1.40 bits per heavy atom. The smallest absolute Gasteiger partial charge is 0.317 e. The molecule has 2 rings (SSSR count). The second-order valence-electron chi connectivity index (χ2n) is 3.66. The number of hydrogen-bond donors (Lipinski definition) is 2. The van der Waals surface area contributed by atoms with Crippen molar-refractivity contribution in [2.24, 2.45) is 0 Å². The van der Waals surface area contributed by atoms with Gasteiger partial charge in [0.15, 0.2) is 5.82 Å². The summed E-state index contributed by atoms with van der Waals surface area (Å²) in [5.41, 5.74) is -1.14. The van der Waals surface area contributed by atoms with E-state index >= 15 is 0 Å². The molecule has 80 valence electrons. The molecule has 0 aliphatic heterocycles. The molecule has 1 heterocycles. The molecule has 1 saturated carbocycles. The van der Waals surface area contributed by atoms with Gasteiger partial charge in [0.25, 0.3) is 0 Å². The molecule has 7 heteroatoms. The fourth-order valence-corrected chi connectivity index (χ4v) is 1.85. The topological polar surface area (TPSA) is 109 Å². The molecule has 0 amide bonds. The summed E-state index contributed by atoms with van der Waals surface area (Å²) in [6.07, 6.45) is 1.03. The molecule has 0 saturated heterocycles. The number of Topliss-reactive ketones (excluding diaryl/α,β-unsaturated/α-hetero) is 1. The molecule has 1 aliphatic carbocycles. The van der Waals surface area contributed by atoms with Gasteiger partial charge in [0, 0.05) is 12.8 Å². The van der Waals surface area contributed by atoms with E-state index in [1.54, 1.807) is 0 Å². The van der Waals surface area contributed by atoms with Crippen LogP contribution in [0.15, 0.2) is 0 Å². The number of aromatic amines is 1. The van der Waals surface area contributed by atoms with Crippen LogP contribution in [-0.4, -0.2) is 37.5 Å². The number of nitrogens with one attached hydrogen (secondary N) is 1. The molecular weight excluding hydrogens is 200 g/mol. The first-order valence-corrected chi connectivity index (χ1v) is 4.64. The van der Waals surface area contributed by atoms with Crippen LogP contribution in [0.25, 0.3) is 0 Å². The zero-order valence-corrected chi connectivity index (χ0v) is 7.93. The molecule has 0 unspecified atom stereocenters. The second-order valence-corrected chi connectivity index (χ2v) is 3.66. The van der Waals surface area contributed by atoms with Crippen molar-refractivity contribution in [3.8, 4) is 0 Å². The van der Waals surface area contributed by atoms with Crippen molar-refractivity contribution >= 4 is 11.8 Å². The molecule has 1 aromatic rings. The van der Waals surface area contributed by atoms with Gasteiger partial charge >= 0.3 is 5.97 Å². The van der Waals surface area contributed by atoms with Gasteiger partial charge in [0.2, 0.25) is 0 Å². The van der Waals surface area contributed by atoms with E-state index in [9.17, 15) is 14.7 Å². The summed E-state index contributed by atoms with van der Waals surface area (Å²) < 4.78 is 0. The Morgan fingerprint density at radius 2 is 2.07 bits per heavy atom. The summed E-state index contributed by atoms with van der Waals surface area (Å²) in [6.45, 7) is 0. The standard InChI is InChI=1S/C8H10N4O3/c13-5-1-3-8(4-2-5,7(14)15)6-9-11-12-10-6/h1-4H2,(H,14,15)(H,9,10,11,12). The van der Waals surface area contributed by atoms with Crippen LogP contribution < -0.4 is 0 Å². The van der Waals surface area contributed by atoms with E-state index in [1.165, 1.54) is 0 Å². The number of nitrogens with zero attached hydrogens (tertiary/aromatic N) is 3. The van der Waals surface area contributed by atoms with E-state index in [1.807, 2.05) is 0 Å². The van der Waals surface area contributed by atoms with Gasteiger partial charge in [-0.3, -0.25) is 9.59 Å². The van der Waals surface area contributed by atoms with Crippen LogP contribution in [0, 0.1) is 0 Å². The molecular formula is C8H10N4O3. The van der Waals surface area contributed by atoms with Crippen LogP contribution >= 0.6 is 0 Å². The van der Waals surface area contributed by atoms with Crippen molar-refractivity contribution < 1.29 is 14.7 Å². The Balaban J connectivity index is 2.34. The maximum Gasteiger partial charge on any atom is 0.317 e. The number of carboxylic acids is 1. The molecule has 0 spiro atoms. The van der Waals surface area contributed by atoms with Crippen LogP contribution in [0.2, 0.25) is 0 Å². The number of rotatable bonds is 2. The number of hydrogen-bond acceptors (Lipinski definition) is 5. The van der Waals surface area contributed by atoms with E-state index in [2.05, 4.69) is 20.6 Å². The monoisotopic (exact) mass is 210 g/mol. The maximum absolute atomic E-state index is 11.2. The Kier molecular flexibility index (Phi) is 2.22. The molecule has 0 radical (unpaired) electrons. The predicted molar refractivity (Wildman–Crippen MR) is 47.0 cm³/mol. The number of aliphatic carboxylic acids is 1. The summed E-state index contributed by atoms with van der Waals surface area (Å²) in [4.78, 5) is 22.3. The average molecular weight is 210 g/mol. The number of carbonyl (C=O) groups is 2. The summed E-state index contributed by atoms with van der Waals surface area (Å²) in [6, 6.07) is 0. The first kappa shape index (κ1) is 9.75. The molecule has 7 nitrogen and oxygen atoms in total. The van der Waals surface area contributed by atoms with Crippen molar-refractivity contribution in [2.45, 2.75) is 31.1 Å². The van der Waals surface area contributed by atoms with Gasteiger partial charge in [-0.25, -0.2) is 0 Å². The van der Waals surface area contributed by atoms with Crippen molar-refractivity contribution in [1.82, 2.24) is 20.6 Å². The Labute approximate surface area is 84.9 Å². The average Bonchev–Trinajstić information content (AvgIpc) is 2.72. The zero-order valence-electron chi connectivity index (χ0n) is 7.93. The number of carboxylic acid groups (broad SMARTS) is 1. The molecule has 1 aliphatic rings. The van der Waals surface area contributed by atoms with Crippen molar-refractivity contribution in [3.05, 3.63) is 5.82 Å². The third kappa shape index (κ3) is 1.49. The zero-order chi connectivity index (χ0) is 10.9. The van der Waals surface area contributed by atoms with Crippen molar-refractivity contribution in [1.29, 1.82) is 0 Å². The highest BCUT2D eigenvalue weighted by Crippen LogP contribution is 2.36. The first-order valence-electron chi connectivity index (χ1n) is 4.64. The van der Waals surface area contributed by atoms with Gasteiger partial charge in [-0.1, -0.05) is 5.21 Å². The Bertz CT molecular complexity index is 377. The van der Waals surface area contributed by atoms with Crippen LogP contribution in [0.4, 0.5) is 0 Å². The summed E-state index contributed by atoms with van der Waals surface area (Å²) in [7, 11) is 0. The molecule has 0 bridgehead atoms. The van der Waals surface area contributed by atoms with Gasteiger partial charge in [-0.05, 0) is 12.8 Å². The Hall–Kier alpha value is -1.79. The lowest BCUT2D eigenvalue weighted by molar-refractivity contribution is -0.146. The van der Waals surface area contributed by atoms with Crippen LogP contribution in [0.5, 0.6) is 0 Å². The van der Waals surface area contributed by atoms with Gasteiger partial charge < -0.3 is 5.11 Å². The third-order valence-electron chi connectivity index (χ3n) is 2.84. The van der Waals surface area contributed by atoms with Gasteiger partial charge in [0.05, 0.1) is 0 Å². The summed E-state index contributed by atoms with van der Waals surface area (Å²) >= 11 is 0. The van der Waals surface area contributed by atoms with Crippen LogP contribution in [-0.2, 0) is 15.0 Å². The minimum atomic E-state index is -1.14. The van der Waals surface area contributed by atoms with Crippen molar-refractivity contribution in [3.63, 3.8) is 0 Å². The highest BCUT2D eigenvalue weighted by atomic mass is 16.4. The number of aromatic nitrogens is 4. The highest BCUT2D eigenvalue weighted by molar-refractivity contribution is 5.86. The van der Waals surface area contributed by atoms with Crippen LogP contribution in [0.3, 0.4) is 0 Å². The normalized spacial score (nSPS) is 20.1. The molecule has 1 aromatic heterocycles. The number of carbonyl (C=O) groups excluding carboxylic acids is 1. The molecule has 2 N–H and O–H groups in total. The van der Waals surface area contributed by atoms with E-state index in [-0.39, 0.29) is 37.3 Å².